The molecule has 144 valence electrons. The smallest absolute Gasteiger partial charge is 0.227 e. The van der Waals surface area contributed by atoms with Crippen molar-refractivity contribution in [1.82, 2.24) is 14.9 Å². The van der Waals surface area contributed by atoms with Crippen LogP contribution in [0.15, 0.2) is 36.7 Å². The van der Waals surface area contributed by atoms with Gasteiger partial charge in [0, 0.05) is 56.4 Å². The van der Waals surface area contributed by atoms with E-state index in [-0.39, 0.29) is 0 Å². The highest BCUT2D eigenvalue weighted by atomic mass is 16.5. The molecule has 2 fully saturated rings. The standard InChI is InChI=1S/C20H27N5O2/c1-26-19-15-17(3-4-18(19)23-20-21-7-2-8-22-20)24-9-5-16(6-10-24)25-11-13-27-14-12-25/h2-4,7-8,15-16H,5-6,9-14H2,1H3,(H,21,22,23). The van der Waals surface area contributed by atoms with Crippen molar-refractivity contribution < 1.29 is 9.47 Å². The molecule has 2 aliphatic heterocycles. The predicted molar refractivity (Wildman–Crippen MR) is 106 cm³/mol. The van der Waals surface area contributed by atoms with E-state index in [2.05, 4.69) is 37.2 Å². The zero-order chi connectivity index (χ0) is 18.5. The van der Waals surface area contributed by atoms with Gasteiger partial charge >= 0.3 is 0 Å². The van der Waals surface area contributed by atoms with Crippen LogP contribution >= 0.6 is 0 Å². The van der Waals surface area contributed by atoms with Crippen LogP contribution in [0.25, 0.3) is 0 Å². The Morgan fingerprint density at radius 3 is 2.52 bits per heavy atom. The minimum atomic E-state index is 0.565. The fourth-order valence-corrected chi connectivity index (χ4v) is 3.90. The molecule has 0 atom stereocenters. The summed E-state index contributed by atoms with van der Waals surface area (Å²) in [7, 11) is 1.70. The molecule has 2 aromatic rings. The van der Waals surface area contributed by atoms with Crippen LogP contribution in [0.4, 0.5) is 17.3 Å². The van der Waals surface area contributed by atoms with Crippen molar-refractivity contribution in [2.24, 2.45) is 0 Å². The van der Waals surface area contributed by atoms with E-state index >= 15 is 0 Å². The van der Waals surface area contributed by atoms with Crippen molar-refractivity contribution >= 4 is 17.3 Å². The number of anilines is 3. The summed E-state index contributed by atoms with van der Waals surface area (Å²) in [6, 6.07) is 8.76. The molecule has 0 bridgehead atoms. The molecule has 0 spiro atoms. The van der Waals surface area contributed by atoms with E-state index in [0.717, 1.165) is 50.8 Å². The second-order valence-electron chi connectivity index (χ2n) is 6.95. The SMILES string of the molecule is COc1cc(N2CCC(N3CCOCC3)CC2)ccc1Nc1ncccn1. The maximum absolute atomic E-state index is 5.60. The Labute approximate surface area is 160 Å². The van der Waals surface area contributed by atoms with Gasteiger partial charge in [-0.1, -0.05) is 0 Å². The first kappa shape index (κ1) is 18.0. The zero-order valence-electron chi connectivity index (χ0n) is 15.8. The predicted octanol–water partition coefficient (Wildman–Crippen LogP) is 2.53. The number of aromatic nitrogens is 2. The van der Waals surface area contributed by atoms with Gasteiger partial charge in [0.15, 0.2) is 0 Å². The Bertz CT molecular complexity index is 728. The van der Waals surface area contributed by atoms with Crippen molar-refractivity contribution in [3.05, 3.63) is 36.7 Å². The van der Waals surface area contributed by atoms with Crippen molar-refractivity contribution in [3.63, 3.8) is 0 Å². The van der Waals surface area contributed by atoms with E-state index in [4.69, 9.17) is 9.47 Å². The second kappa shape index (κ2) is 8.54. The van der Waals surface area contributed by atoms with Crippen molar-refractivity contribution in [3.8, 4) is 5.75 Å². The van der Waals surface area contributed by atoms with Crippen LogP contribution in [0.5, 0.6) is 5.75 Å². The van der Waals surface area contributed by atoms with E-state index in [1.807, 2.05) is 6.07 Å². The summed E-state index contributed by atoms with van der Waals surface area (Å²) in [4.78, 5) is 13.5. The molecule has 7 nitrogen and oxygen atoms in total. The Kier molecular flexibility index (Phi) is 5.69. The first-order valence-electron chi connectivity index (χ1n) is 9.62. The van der Waals surface area contributed by atoms with Crippen LogP contribution in [0.1, 0.15) is 12.8 Å². The lowest BCUT2D eigenvalue weighted by Gasteiger charge is -2.40. The molecular formula is C20H27N5O2. The first-order chi connectivity index (χ1) is 13.3. The summed E-state index contributed by atoms with van der Waals surface area (Å²) in [6.45, 7) is 6.02. The minimum Gasteiger partial charge on any atom is -0.494 e. The third-order valence-corrected chi connectivity index (χ3v) is 5.39. The highest BCUT2D eigenvalue weighted by Gasteiger charge is 2.26. The van der Waals surface area contributed by atoms with Gasteiger partial charge in [0.1, 0.15) is 5.75 Å². The molecule has 2 aliphatic rings. The van der Waals surface area contributed by atoms with Crippen LogP contribution in [0, 0.1) is 0 Å². The highest BCUT2D eigenvalue weighted by Crippen LogP contribution is 2.32. The highest BCUT2D eigenvalue weighted by molar-refractivity contribution is 5.68. The number of piperidine rings is 1. The van der Waals surface area contributed by atoms with Crippen molar-refractivity contribution in [2.75, 3.05) is 56.7 Å². The molecule has 2 saturated heterocycles. The monoisotopic (exact) mass is 369 g/mol. The van der Waals surface area contributed by atoms with Gasteiger partial charge in [-0.3, -0.25) is 4.90 Å². The summed E-state index contributed by atoms with van der Waals surface area (Å²) in [5.41, 5.74) is 2.07. The number of methoxy groups -OCH3 is 1. The number of rotatable bonds is 5. The summed E-state index contributed by atoms with van der Waals surface area (Å²) in [6.07, 6.45) is 5.82. The number of benzene rings is 1. The number of nitrogens with one attached hydrogen (secondary N) is 1. The third-order valence-electron chi connectivity index (χ3n) is 5.39. The van der Waals surface area contributed by atoms with Gasteiger partial charge in [0.05, 0.1) is 26.0 Å². The normalized spacial score (nSPS) is 19.1. The van der Waals surface area contributed by atoms with Gasteiger partial charge in [-0.2, -0.15) is 0 Å². The minimum absolute atomic E-state index is 0.565. The van der Waals surface area contributed by atoms with Gasteiger partial charge in [-0.15, -0.1) is 0 Å². The largest absolute Gasteiger partial charge is 0.494 e. The Morgan fingerprint density at radius 2 is 1.81 bits per heavy atom. The molecule has 0 saturated carbocycles. The molecule has 1 aromatic heterocycles. The van der Waals surface area contributed by atoms with Gasteiger partial charge in [-0.25, -0.2) is 9.97 Å². The maximum atomic E-state index is 5.60. The van der Waals surface area contributed by atoms with Crippen molar-refractivity contribution in [1.29, 1.82) is 0 Å². The average Bonchev–Trinajstić information content (AvgIpc) is 2.75. The molecule has 0 unspecified atom stereocenters. The van der Waals surface area contributed by atoms with E-state index in [9.17, 15) is 0 Å². The Morgan fingerprint density at radius 1 is 1.07 bits per heavy atom. The molecule has 7 heteroatoms. The molecule has 0 amide bonds. The molecule has 4 rings (SSSR count). The molecular weight excluding hydrogens is 342 g/mol. The van der Waals surface area contributed by atoms with Crippen LogP contribution in [-0.2, 0) is 4.74 Å². The lowest BCUT2D eigenvalue weighted by Crippen LogP contribution is -2.49. The fraction of sp³-hybridized carbons (Fsp3) is 0.500. The molecule has 27 heavy (non-hydrogen) atoms. The fourth-order valence-electron chi connectivity index (χ4n) is 3.90. The van der Waals surface area contributed by atoms with Crippen LogP contribution in [0.2, 0.25) is 0 Å². The molecule has 1 N–H and O–H groups in total. The summed E-state index contributed by atoms with van der Waals surface area (Å²) >= 11 is 0. The molecule has 0 aliphatic carbocycles. The van der Waals surface area contributed by atoms with E-state index in [0.29, 0.717) is 12.0 Å². The zero-order valence-corrected chi connectivity index (χ0v) is 15.8. The molecule has 0 radical (unpaired) electrons. The van der Waals surface area contributed by atoms with Gasteiger partial charge in [0.25, 0.3) is 0 Å². The van der Waals surface area contributed by atoms with Gasteiger partial charge < -0.3 is 19.7 Å². The quantitative estimate of drug-likeness (QED) is 0.869. The third kappa shape index (κ3) is 4.31. The lowest BCUT2D eigenvalue weighted by atomic mass is 10.0. The molecule has 1 aromatic carbocycles. The Balaban J connectivity index is 1.40. The van der Waals surface area contributed by atoms with E-state index in [1.165, 1.54) is 18.5 Å². The maximum Gasteiger partial charge on any atom is 0.227 e. The van der Waals surface area contributed by atoms with E-state index in [1.54, 1.807) is 25.6 Å². The number of morpholine rings is 1. The first-order valence-corrected chi connectivity index (χ1v) is 9.62. The number of hydrogen-bond acceptors (Lipinski definition) is 7. The second-order valence-corrected chi connectivity index (χ2v) is 6.95. The van der Waals surface area contributed by atoms with E-state index < -0.39 is 0 Å². The summed E-state index contributed by atoms with van der Waals surface area (Å²) < 4.78 is 11.1. The summed E-state index contributed by atoms with van der Waals surface area (Å²) in [5.74, 6) is 1.37. The lowest BCUT2D eigenvalue weighted by molar-refractivity contribution is 0.0115. The Hall–Kier alpha value is -2.38. The van der Waals surface area contributed by atoms with Gasteiger partial charge in [0.2, 0.25) is 5.95 Å². The van der Waals surface area contributed by atoms with Crippen LogP contribution in [-0.4, -0.2) is 67.4 Å². The van der Waals surface area contributed by atoms with Crippen molar-refractivity contribution in [2.45, 2.75) is 18.9 Å². The topological polar surface area (TPSA) is 62.8 Å². The number of hydrogen-bond donors (Lipinski definition) is 1. The summed E-state index contributed by atoms with van der Waals surface area (Å²) in [5, 5.41) is 3.22. The molecule has 3 heterocycles. The average molecular weight is 369 g/mol. The number of ether oxygens (including phenoxy) is 2. The van der Waals surface area contributed by atoms with Gasteiger partial charge in [-0.05, 0) is 31.0 Å². The number of nitrogens with zero attached hydrogens (tertiary/aromatic N) is 4. The van der Waals surface area contributed by atoms with Crippen LogP contribution in [0.3, 0.4) is 0 Å². The van der Waals surface area contributed by atoms with Crippen LogP contribution < -0.4 is 15.0 Å².